The third-order valence-electron chi connectivity index (χ3n) is 5.11. The zero-order chi connectivity index (χ0) is 17.2. The van der Waals surface area contributed by atoms with Crippen LogP contribution in [-0.2, 0) is 4.79 Å². The number of carbonyl (C=O) groups excluding carboxylic acids is 1. The highest BCUT2D eigenvalue weighted by Gasteiger charge is 2.40. The molecule has 1 fully saturated rings. The number of amides is 1. The standard InChI is InChI=1S/C21H25NO2/c1-21(2,20(24)22-17-9-6-10-17)19(15-7-4-3-5-8-15)16-11-13-18(23)14-12-16/h3-5,7-8,11-14,17,19,23H,6,9-10H2,1-2H3,(H,22,24)/t19-/m1/s1. The average Bonchev–Trinajstić information content (AvgIpc) is 2.53. The number of carbonyl (C=O) groups is 1. The summed E-state index contributed by atoms with van der Waals surface area (Å²) in [5, 5.41) is 12.8. The van der Waals surface area contributed by atoms with E-state index in [0.29, 0.717) is 6.04 Å². The van der Waals surface area contributed by atoms with Crippen molar-refractivity contribution in [3.63, 3.8) is 0 Å². The van der Waals surface area contributed by atoms with Crippen LogP contribution in [0.5, 0.6) is 5.75 Å². The zero-order valence-electron chi connectivity index (χ0n) is 14.3. The van der Waals surface area contributed by atoms with Crippen molar-refractivity contribution in [2.24, 2.45) is 5.41 Å². The summed E-state index contributed by atoms with van der Waals surface area (Å²) in [6, 6.07) is 17.6. The van der Waals surface area contributed by atoms with E-state index in [2.05, 4.69) is 17.4 Å². The topological polar surface area (TPSA) is 49.3 Å². The highest BCUT2D eigenvalue weighted by Crippen LogP contribution is 2.42. The smallest absolute Gasteiger partial charge is 0.226 e. The maximum Gasteiger partial charge on any atom is 0.226 e. The van der Waals surface area contributed by atoms with Crippen LogP contribution in [0.4, 0.5) is 0 Å². The van der Waals surface area contributed by atoms with Crippen molar-refractivity contribution in [1.82, 2.24) is 5.32 Å². The Labute approximate surface area is 143 Å². The van der Waals surface area contributed by atoms with Crippen molar-refractivity contribution in [3.8, 4) is 5.75 Å². The SMILES string of the molecule is CC(C)(C(=O)NC1CCC1)[C@H](c1ccccc1)c1ccc(O)cc1. The second-order valence-electron chi connectivity index (χ2n) is 7.26. The van der Waals surface area contributed by atoms with Crippen LogP contribution in [0.25, 0.3) is 0 Å². The molecule has 3 heteroatoms. The van der Waals surface area contributed by atoms with Gasteiger partial charge in [0, 0.05) is 12.0 Å². The minimum absolute atomic E-state index is 0.0700. The molecule has 0 bridgehead atoms. The summed E-state index contributed by atoms with van der Waals surface area (Å²) in [5.74, 6) is 0.260. The lowest BCUT2D eigenvalue weighted by molar-refractivity contribution is -0.131. The van der Waals surface area contributed by atoms with Crippen molar-refractivity contribution in [2.45, 2.75) is 45.1 Å². The Kier molecular flexibility index (Phi) is 4.61. The van der Waals surface area contributed by atoms with Crippen LogP contribution in [-0.4, -0.2) is 17.1 Å². The molecule has 2 N–H and O–H groups in total. The van der Waals surface area contributed by atoms with Crippen LogP contribution in [0.15, 0.2) is 54.6 Å². The zero-order valence-corrected chi connectivity index (χ0v) is 14.3. The fourth-order valence-corrected chi connectivity index (χ4v) is 3.39. The Morgan fingerprint density at radius 1 is 1.04 bits per heavy atom. The average molecular weight is 323 g/mol. The van der Waals surface area contributed by atoms with E-state index in [0.717, 1.165) is 24.0 Å². The second kappa shape index (κ2) is 6.68. The Morgan fingerprint density at radius 3 is 2.17 bits per heavy atom. The van der Waals surface area contributed by atoms with Gasteiger partial charge in [-0.05, 0) is 42.5 Å². The molecule has 1 amide bonds. The molecule has 3 rings (SSSR count). The van der Waals surface area contributed by atoms with Crippen LogP contribution in [0.2, 0.25) is 0 Å². The third-order valence-corrected chi connectivity index (χ3v) is 5.11. The van der Waals surface area contributed by atoms with Gasteiger partial charge in [0.25, 0.3) is 0 Å². The van der Waals surface area contributed by atoms with Gasteiger partial charge in [-0.25, -0.2) is 0 Å². The van der Waals surface area contributed by atoms with Gasteiger partial charge in [-0.1, -0.05) is 56.3 Å². The van der Waals surface area contributed by atoms with E-state index in [1.165, 1.54) is 6.42 Å². The molecule has 0 heterocycles. The van der Waals surface area contributed by atoms with E-state index in [9.17, 15) is 9.90 Å². The summed E-state index contributed by atoms with van der Waals surface area (Å²) >= 11 is 0. The molecule has 2 aromatic rings. The summed E-state index contributed by atoms with van der Waals surface area (Å²) in [6.07, 6.45) is 3.36. The van der Waals surface area contributed by atoms with Gasteiger partial charge in [0.15, 0.2) is 0 Å². The quantitative estimate of drug-likeness (QED) is 0.865. The van der Waals surface area contributed by atoms with E-state index in [1.54, 1.807) is 12.1 Å². The molecule has 1 atom stereocenters. The van der Waals surface area contributed by atoms with Gasteiger partial charge in [0.1, 0.15) is 5.75 Å². The molecule has 2 aromatic carbocycles. The van der Waals surface area contributed by atoms with E-state index in [4.69, 9.17) is 0 Å². The number of aromatic hydroxyl groups is 1. The monoisotopic (exact) mass is 323 g/mol. The van der Waals surface area contributed by atoms with Crippen molar-refractivity contribution in [1.29, 1.82) is 0 Å². The maximum atomic E-state index is 13.0. The molecule has 0 saturated heterocycles. The summed E-state index contributed by atoms with van der Waals surface area (Å²) in [7, 11) is 0. The lowest BCUT2D eigenvalue weighted by Gasteiger charge is -2.37. The van der Waals surface area contributed by atoms with Gasteiger partial charge < -0.3 is 10.4 Å². The largest absolute Gasteiger partial charge is 0.508 e. The molecule has 1 aliphatic carbocycles. The van der Waals surface area contributed by atoms with E-state index in [1.807, 2.05) is 44.2 Å². The number of phenolic OH excluding ortho intramolecular Hbond substituents is 1. The molecule has 1 aliphatic rings. The number of nitrogens with one attached hydrogen (secondary N) is 1. The van der Waals surface area contributed by atoms with Crippen LogP contribution in [0.3, 0.4) is 0 Å². The molecule has 0 radical (unpaired) electrons. The maximum absolute atomic E-state index is 13.0. The molecule has 1 saturated carbocycles. The van der Waals surface area contributed by atoms with Crippen LogP contribution >= 0.6 is 0 Å². The molecule has 0 unspecified atom stereocenters. The molecule has 0 spiro atoms. The highest BCUT2D eigenvalue weighted by molar-refractivity contribution is 5.84. The van der Waals surface area contributed by atoms with Crippen molar-refractivity contribution in [2.75, 3.05) is 0 Å². The minimum atomic E-state index is -0.589. The van der Waals surface area contributed by atoms with Crippen LogP contribution < -0.4 is 5.32 Å². The lowest BCUT2D eigenvalue weighted by Crippen LogP contribution is -2.48. The number of rotatable bonds is 5. The number of hydrogen-bond acceptors (Lipinski definition) is 2. The fraction of sp³-hybridized carbons (Fsp3) is 0.381. The second-order valence-corrected chi connectivity index (χ2v) is 7.26. The van der Waals surface area contributed by atoms with Crippen molar-refractivity contribution < 1.29 is 9.90 Å². The normalized spacial score (nSPS) is 16.2. The molecular weight excluding hydrogens is 298 g/mol. The molecule has 0 aliphatic heterocycles. The molecule has 3 nitrogen and oxygen atoms in total. The van der Waals surface area contributed by atoms with Crippen LogP contribution in [0, 0.1) is 5.41 Å². The Balaban J connectivity index is 1.96. The summed E-state index contributed by atoms with van der Waals surface area (Å²) in [5.41, 5.74) is 1.55. The number of hydrogen-bond donors (Lipinski definition) is 2. The van der Waals surface area contributed by atoms with Gasteiger partial charge >= 0.3 is 0 Å². The Hall–Kier alpha value is -2.29. The predicted octanol–water partition coefficient (Wildman–Crippen LogP) is 4.22. The lowest BCUT2D eigenvalue weighted by atomic mass is 9.70. The van der Waals surface area contributed by atoms with Crippen LogP contribution in [0.1, 0.15) is 50.2 Å². The van der Waals surface area contributed by atoms with Crippen molar-refractivity contribution in [3.05, 3.63) is 65.7 Å². The number of phenols is 1. The Morgan fingerprint density at radius 2 is 1.62 bits per heavy atom. The minimum Gasteiger partial charge on any atom is -0.508 e. The van der Waals surface area contributed by atoms with E-state index >= 15 is 0 Å². The predicted molar refractivity (Wildman–Crippen MR) is 96.0 cm³/mol. The van der Waals surface area contributed by atoms with Gasteiger partial charge in [0.2, 0.25) is 5.91 Å². The first-order valence-corrected chi connectivity index (χ1v) is 8.63. The summed E-state index contributed by atoms with van der Waals surface area (Å²) in [6.45, 7) is 4.01. The first-order chi connectivity index (χ1) is 11.5. The first kappa shape index (κ1) is 16.6. The van der Waals surface area contributed by atoms with Crippen molar-refractivity contribution >= 4 is 5.91 Å². The van der Waals surface area contributed by atoms with E-state index in [-0.39, 0.29) is 17.6 Å². The molecule has 0 aromatic heterocycles. The fourth-order valence-electron chi connectivity index (χ4n) is 3.39. The summed E-state index contributed by atoms with van der Waals surface area (Å²) in [4.78, 5) is 13.0. The van der Waals surface area contributed by atoms with Gasteiger partial charge in [-0.15, -0.1) is 0 Å². The molecule has 126 valence electrons. The van der Waals surface area contributed by atoms with Gasteiger partial charge in [-0.3, -0.25) is 4.79 Å². The Bertz CT molecular complexity index is 688. The number of benzene rings is 2. The first-order valence-electron chi connectivity index (χ1n) is 8.63. The highest BCUT2D eigenvalue weighted by atomic mass is 16.3. The summed E-state index contributed by atoms with van der Waals surface area (Å²) < 4.78 is 0. The van der Waals surface area contributed by atoms with E-state index < -0.39 is 5.41 Å². The molecule has 24 heavy (non-hydrogen) atoms. The third kappa shape index (κ3) is 3.30. The molecular formula is C21H25NO2. The van der Waals surface area contributed by atoms with Gasteiger partial charge in [-0.2, -0.15) is 0 Å². The van der Waals surface area contributed by atoms with Gasteiger partial charge in [0.05, 0.1) is 5.41 Å².